The summed E-state index contributed by atoms with van der Waals surface area (Å²) in [6, 6.07) is 5.57. The SMILES string of the molecule is CCNc1cc(NC2CCCC2C)cc([N+](=O)[O-])c1. The van der Waals surface area contributed by atoms with Gasteiger partial charge < -0.3 is 10.6 Å². The van der Waals surface area contributed by atoms with Crippen LogP contribution in [-0.4, -0.2) is 17.5 Å². The Morgan fingerprint density at radius 3 is 2.63 bits per heavy atom. The molecule has 2 N–H and O–H groups in total. The molecule has 1 fully saturated rings. The quantitative estimate of drug-likeness (QED) is 0.629. The van der Waals surface area contributed by atoms with Crippen LogP contribution in [0.5, 0.6) is 0 Å². The van der Waals surface area contributed by atoms with Crippen molar-refractivity contribution in [2.75, 3.05) is 17.2 Å². The second-order valence-corrected chi connectivity index (χ2v) is 5.22. The molecule has 0 bridgehead atoms. The molecule has 1 aromatic carbocycles. The summed E-state index contributed by atoms with van der Waals surface area (Å²) in [5.74, 6) is 0.627. The lowest BCUT2D eigenvalue weighted by molar-refractivity contribution is -0.384. The largest absolute Gasteiger partial charge is 0.385 e. The van der Waals surface area contributed by atoms with Crippen molar-refractivity contribution in [3.8, 4) is 0 Å². The van der Waals surface area contributed by atoms with Crippen molar-refractivity contribution < 1.29 is 4.92 Å². The summed E-state index contributed by atoms with van der Waals surface area (Å²) in [5.41, 5.74) is 1.76. The highest BCUT2D eigenvalue weighted by atomic mass is 16.6. The van der Waals surface area contributed by atoms with E-state index in [1.54, 1.807) is 12.1 Å². The number of non-ortho nitro benzene ring substituents is 1. The molecule has 0 saturated heterocycles. The summed E-state index contributed by atoms with van der Waals surface area (Å²) >= 11 is 0. The van der Waals surface area contributed by atoms with E-state index >= 15 is 0 Å². The van der Waals surface area contributed by atoms with E-state index in [1.807, 2.05) is 13.0 Å². The predicted octanol–water partition coefficient (Wildman–Crippen LogP) is 3.63. The van der Waals surface area contributed by atoms with Gasteiger partial charge in [0.15, 0.2) is 0 Å². The van der Waals surface area contributed by atoms with Gasteiger partial charge in [0, 0.05) is 36.1 Å². The molecule has 0 amide bonds. The maximum atomic E-state index is 11.0. The molecule has 1 saturated carbocycles. The maximum Gasteiger partial charge on any atom is 0.273 e. The number of anilines is 2. The van der Waals surface area contributed by atoms with Gasteiger partial charge in [0.2, 0.25) is 0 Å². The summed E-state index contributed by atoms with van der Waals surface area (Å²) in [5, 5.41) is 17.5. The van der Waals surface area contributed by atoms with Gasteiger partial charge in [-0.3, -0.25) is 10.1 Å². The molecule has 0 radical (unpaired) electrons. The van der Waals surface area contributed by atoms with Gasteiger partial charge in [-0.05, 0) is 31.7 Å². The Bertz CT molecular complexity index is 462. The molecular weight excluding hydrogens is 242 g/mol. The topological polar surface area (TPSA) is 67.2 Å². The highest BCUT2D eigenvalue weighted by molar-refractivity contribution is 5.63. The smallest absolute Gasteiger partial charge is 0.273 e. The van der Waals surface area contributed by atoms with Crippen LogP contribution < -0.4 is 10.6 Å². The Morgan fingerprint density at radius 1 is 1.32 bits per heavy atom. The molecule has 104 valence electrons. The number of nitrogens with zero attached hydrogens (tertiary/aromatic N) is 1. The third-order valence-electron chi connectivity index (χ3n) is 3.72. The van der Waals surface area contributed by atoms with Crippen molar-refractivity contribution in [2.24, 2.45) is 5.92 Å². The molecule has 0 spiro atoms. The van der Waals surface area contributed by atoms with Gasteiger partial charge in [-0.15, -0.1) is 0 Å². The molecule has 2 rings (SSSR count). The number of hydrogen-bond donors (Lipinski definition) is 2. The zero-order chi connectivity index (χ0) is 13.8. The monoisotopic (exact) mass is 263 g/mol. The van der Waals surface area contributed by atoms with Crippen LogP contribution in [0.1, 0.15) is 33.1 Å². The third-order valence-corrected chi connectivity index (χ3v) is 3.72. The average molecular weight is 263 g/mol. The van der Waals surface area contributed by atoms with Gasteiger partial charge in [-0.1, -0.05) is 13.3 Å². The first-order valence-corrected chi connectivity index (χ1v) is 6.90. The van der Waals surface area contributed by atoms with E-state index in [4.69, 9.17) is 0 Å². The zero-order valence-electron chi connectivity index (χ0n) is 11.5. The van der Waals surface area contributed by atoms with Crippen LogP contribution in [0.3, 0.4) is 0 Å². The van der Waals surface area contributed by atoms with Crippen molar-refractivity contribution >= 4 is 17.1 Å². The van der Waals surface area contributed by atoms with Gasteiger partial charge in [0.1, 0.15) is 0 Å². The predicted molar refractivity (Wildman–Crippen MR) is 77.7 cm³/mol. The van der Waals surface area contributed by atoms with Crippen LogP contribution in [-0.2, 0) is 0 Å². The van der Waals surface area contributed by atoms with Crippen LogP contribution in [0.25, 0.3) is 0 Å². The Hall–Kier alpha value is -1.78. The van der Waals surface area contributed by atoms with Gasteiger partial charge >= 0.3 is 0 Å². The van der Waals surface area contributed by atoms with E-state index in [0.717, 1.165) is 24.3 Å². The van der Waals surface area contributed by atoms with E-state index < -0.39 is 0 Å². The Morgan fingerprint density at radius 2 is 2.05 bits per heavy atom. The van der Waals surface area contributed by atoms with Gasteiger partial charge in [-0.25, -0.2) is 0 Å². The number of nitrogens with one attached hydrogen (secondary N) is 2. The number of hydrogen-bond acceptors (Lipinski definition) is 4. The Labute approximate surface area is 113 Å². The lowest BCUT2D eigenvalue weighted by Gasteiger charge is -2.19. The fourth-order valence-electron chi connectivity index (χ4n) is 2.68. The number of nitro groups is 1. The molecule has 2 atom stereocenters. The molecule has 0 aromatic heterocycles. The van der Waals surface area contributed by atoms with Crippen molar-refractivity contribution in [3.05, 3.63) is 28.3 Å². The lowest BCUT2D eigenvalue weighted by atomic mass is 10.1. The summed E-state index contributed by atoms with van der Waals surface area (Å²) in [6.07, 6.45) is 3.60. The molecule has 1 aliphatic carbocycles. The van der Waals surface area contributed by atoms with Gasteiger partial charge in [-0.2, -0.15) is 0 Å². The standard InChI is InChI=1S/C14H21N3O2/c1-3-15-11-7-12(9-13(8-11)17(18)19)16-14-6-4-5-10(14)2/h7-10,14-16H,3-6H2,1-2H3. The van der Waals surface area contributed by atoms with Crippen LogP contribution in [0, 0.1) is 16.0 Å². The molecule has 0 heterocycles. The van der Waals surface area contributed by atoms with Crippen molar-refractivity contribution in [1.82, 2.24) is 0 Å². The lowest BCUT2D eigenvalue weighted by Crippen LogP contribution is -2.21. The minimum atomic E-state index is -0.343. The van der Waals surface area contributed by atoms with Crippen molar-refractivity contribution in [2.45, 2.75) is 39.2 Å². The fourth-order valence-corrected chi connectivity index (χ4v) is 2.68. The fraction of sp³-hybridized carbons (Fsp3) is 0.571. The second-order valence-electron chi connectivity index (χ2n) is 5.22. The summed E-state index contributed by atoms with van der Waals surface area (Å²) in [7, 11) is 0. The first-order valence-electron chi connectivity index (χ1n) is 6.90. The number of benzene rings is 1. The normalized spacial score (nSPS) is 22.2. The van der Waals surface area contributed by atoms with Crippen LogP contribution in [0.4, 0.5) is 17.1 Å². The van der Waals surface area contributed by atoms with Gasteiger partial charge in [0.25, 0.3) is 5.69 Å². The number of nitro benzene ring substituents is 1. The summed E-state index contributed by atoms with van der Waals surface area (Å²) in [4.78, 5) is 10.6. The first-order chi connectivity index (χ1) is 9.10. The molecule has 19 heavy (non-hydrogen) atoms. The van der Waals surface area contributed by atoms with E-state index in [9.17, 15) is 10.1 Å². The van der Waals surface area contributed by atoms with Gasteiger partial charge in [0.05, 0.1) is 4.92 Å². The van der Waals surface area contributed by atoms with E-state index in [2.05, 4.69) is 17.6 Å². The molecule has 1 aliphatic rings. The van der Waals surface area contributed by atoms with E-state index in [1.165, 1.54) is 12.8 Å². The molecule has 5 heteroatoms. The third kappa shape index (κ3) is 3.36. The minimum absolute atomic E-state index is 0.131. The van der Waals surface area contributed by atoms with Crippen LogP contribution in [0.2, 0.25) is 0 Å². The highest BCUT2D eigenvalue weighted by Gasteiger charge is 2.23. The molecule has 5 nitrogen and oxygen atoms in total. The molecule has 0 aliphatic heterocycles. The molecular formula is C14H21N3O2. The molecule has 1 aromatic rings. The summed E-state index contributed by atoms with van der Waals surface area (Å²) in [6.45, 7) is 4.96. The first kappa shape index (κ1) is 13.6. The Kier molecular flexibility index (Phi) is 4.24. The zero-order valence-corrected chi connectivity index (χ0v) is 11.5. The summed E-state index contributed by atoms with van der Waals surface area (Å²) < 4.78 is 0. The van der Waals surface area contributed by atoms with Crippen LogP contribution >= 0.6 is 0 Å². The average Bonchev–Trinajstić information content (AvgIpc) is 2.75. The van der Waals surface area contributed by atoms with Crippen LogP contribution in [0.15, 0.2) is 18.2 Å². The van der Waals surface area contributed by atoms with E-state index in [0.29, 0.717) is 12.0 Å². The van der Waals surface area contributed by atoms with Crippen molar-refractivity contribution in [1.29, 1.82) is 0 Å². The molecule has 2 unspecified atom stereocenters. The van der Waals surface area contributed by atoms with Crippen molar-refractivity contribution in [3.63, 3.8) is 0 Å². The minimum Gasteiger partial charge on any atom is -0.385 e. The van der Waals surface area contributed by atoms with E-state index in [-0.39, 0.29) is 10.6 Å². The Balaban J connectivity index is 2.20. The maximum absolute atomic E-state index is 11.0. The second kappa shape index (κ2) is 5.91. The highest BCUT2D eigenvalue weighted by Crippen LogP contribution is 2.30. The number of rotatable bonds is 5.